The Morgan fingerprint density at radius 1 is 1.18 bits per heavy atom. The summed E-state index contributed by atoms with van der Waals surface area (Å²) in [5.41, 5.74) is 0.128. The summed E-state index contributed by atoms with van der Waals surface area (Å²) in [7, 11) is 0. The number of carbonyl (C=O) groups excluding carboxylic acids is 1. The lowest BCUT2D eigenvalue weighted by Crippen LogP contribution is -2.36. The molecule has 10 heteroatoms. The van der Waals surface area contributed by atoms with Gasteiger partial charge in [-0.25, -0.2) is 15.0 Å². The van der Waals surface area contributed by atoms with Crippen LogP contribution in [0.4, 0.5) is 19.0 Å². The summed E-state index contributed by atoms with van der Waals surface area (Å²) >= 11 is 0. The standard InChI is InChI=1S/C23H27F3N6O/c1-14(33)28-16-9-10-31(12-16)19-18-20(30-21(29-19)22(2,3)4)32(13-27-18)11-15-7-5-6-8-17(15)23(24,25)26/h5-8,13,16H,9-12H2,1-4H3,(H,28,33)/t16-/m0/s1. The van der Waals surface area contributed by atoms with Crippen LogP contribution in [0.1, 0.15) is 51.1 Å². The van der Waals surface area contributed by atoms with Crippen LogP contribution in [0.15, 0.2) is 30.6 Å². The van der Waals surface area contributed by atoms with Crippen molar-refractivity contribution in [1.29, 1.82) is 0 Å². The van der Waals surface area contributed by atoms with Gasteiger partial charge in [-0.15, -0.1) is 0 Å². The first kappa shape index (κ1) is 23.0. The van der Waals surface area contributed by atoms with Gasteiger partial charge in [-0.3, -0.25) is 4.79 Å². The van der Waals surface area contributed by atoms with Crippen molar-refractivity contribution < 1.29 is 18.0 Å². The molecule has 0 saturated carbocycles. The summed E-state index contributed by atoms with van der Waals surface area (Å²) in [6.07, 6.45) is -2.16. The van der Waals surface area contributed by atoms with Gasteiger partial charge >= 0.3 is 6.18 Å². The maximum absolute atomic E-state index is 13.5. The van der Waals surface area contributed by atoms with Gasteiger partial charge in [-0.2, -0.15) is 13.2 Å². The molecular weight excluding hydrogens is 433 g/mol. The van der Waals surface area contributed by atoms with E-state index in [0.29, 0.717) is 35.9 Å². The molecular formula is C23H27F3N6O. The Bertz CT molecular complexity index is 1180. The van der Waals surface area contributed by atoms with E-state index in [1.807, 2.05) is 20.8 Å². The van der Waals surface area contributed by atoms with Gasteiger partial charge in [0.25, 0.3) is 0 Å². The summed E-state index contributed by atoms with van der Waals surface area (Å²) in [6, 6.07) is 5.54. The van der Waals surface area contributed by atoms with Gasteiger partial charge in [0.15, 0.2) is 17.0 Å². The number of rotatable bonds is 4. The summed E-state index contributed by atoms with van der Waals surface area (Å²) in [5.74, 6) is 1.14. The number of carbonyl (C=O) groups is 1. The highest BCUT2D eigenvalue weighted by molar-refractivity contribution is 5.84. The number of alkyl halides is 3. The number of anilines is 1. The second-order valence-electron chi connectivity index (χ2n) is 9.45. The van der Waals surface area contributed by atoms with E-state index in [2.05, 4.69) is 15.2 Å². The largest absolute Gasteiger partial charge is 0.416 e. The molecule has 0 bridgehead atoms. The number of hydrogen-bond acceptors (Lipinski definition) is 5. The average molecular weight is 461 g/mol. The Balaban J connectivity index is 1.77. The topological polar surface area (TPSA) is 75.9 Å². The molecule has 3 aromatic rings. The molecule has 33 heavy (non-hydrogen) atoms. The maximum atomic E-state index is 13.5. The van der Waals surface area contributed by atoms with Crippen LogP contribution in [-0.2, 0) is 22.9 Å². The van der Waals surface area contributed by atoms with Gasteiger partial charge in [0.05, 0.1) is 18.4 Å². The van der Waals surface area contributed by atoms with Crippen molar-refractivity contribution in [1.82, 2.24) is 24.8 Å². The van der Waals surface area contributed by atoms with Crippen molar-refractivity contribution in [3.63, 3.8) is 0 Å². The first-order chi connectivity index (χ1) is 15.4. The second kappa shape index (κ2) is 8.31. The summed E-state index contributed by atoms with van der Waals surface area (Å²) < 4.78 is 42.2. The molecule has 176 valence electrons. The van der Waals surface area contributed by atoms with Gasteiger partial charge in [0, 0.05) is 31.5 Å². The predicted molar refractivity (Wildman–Crippen MR) is 119 cm³/mol. The van der Waals surface area contributed by atoms with Crippen LogP contribution >= 0.6 is 0 Å². The highest BCUT2D eigenvalue weighted by atomic mass is 19.4. The van der Waals surface area contributed by atoms with Gasteiger partial charge in [0.1, 0.15) is 5.82 Å². The van der Waals surface area contributed by atoms with Gasteiger partial charge in [-0.1, -0.05) is 39.0 Å². The first-order valence-corrected chi connectivity index (χ1v) is 10.8. The number of benzene rings is 1. The average Bonchev–Trinajstić information content (AvgIpc) is 3.33. The lowest BCUT2D eigenvalue weighted by Gasteiger charge is -2.22. The molecule has 0 radical (unpaired) electrons. The van der Waals surface area contributed by atoms with Crippen molar-refractivity contribution in [3.8, 4) is 0 Å². The molecule has 1 amide bonds. The van der Waals surface area contributed by atoms with E-state index >= 15 is 0 Å². The zero-order valence-electron chi connectivity index (χ0n) is 19.1. The SMILES string of the molecule is CC(=O)N[C@H]1CCN(c2nc(C(C)(C)C)nc3c2ncn3Cc2ccccc2C(F)(F)F)C1. The molecule has 2 aromatic heterocycles. The number of nitrogens with one attached hydrogen (secondary N) is 1. The number of fused-ring (bicyclic) bond motifs is 1. The van der Waals surface area contributed by atoms with Crippen LogP contribution in [0.25, 0.3) is 11.2 Å². The molecule has 1 atom stereocenters. The van der Waals surface area contributed by atoms with Crippen molar-refractivity contribution in [2.24, 2.45) is 0 Å². The minimum Gasteiger partial charge on any atom is -0.353 e. The van der Waals surface area contributed by atoms with Crippen LogP contribution in [0.5, 0.6) is 0 Å². The zero-order chi connectivity index (χ0) is 24.0. The van der Waals surface area contributed by atoms with Gasteiger partial charge in [0.2, 0.25) is 5.91 Å². The molecule has 0 spiro atoms. The van der Waals surface area contributed by atoms with E-state index in [-0.39, 0.29) is 29.5 Å². The van der Waals surface area contributed by atoms with E-state index in [4.69, 9.17) is 9.97 Å². The van der Waals surface area contributed by atoms with E-state index in [9.17, 15) is 18.0 Å². The minimum atomic E-state index is -4.45. The molecule has 1 aliphatic rings. The third-order valence-electron chi connectivity index (χ3n) is 5.67. The van der Waals surface area contributed by atoms with E-state index in [0.717, 1.165) is 12.5 Å². The summed E-state index contributed by atoms with van der Waals surface area (Å²) in [4.78, 5) is 27.5. The molecule has 1 aromatic carbocycles. The quantitative estimate of drug-likeness (QED) is 0.639. The number of nitrogens with zero attached hydrogens (tertiary/aromatic N) is 5. The number of hydrogen-bond donors (Lipinski definition) is 1. The molecule has 1 saturated heterocycles. The van der Waals surface area contributed by atoms with E-state index in [1.165, 1.54) is 25.4 Å². The first-order valence-electron chi connectivity index (χ1n) is 10.8. The predicted octanol–water partition coefficient (Wildman–Crippen LogP) is 3.91. The second-order valence-corrected chi connectivity index (χ2v) is 9.45. The fourth-order valence-electron chi connectivity index (χ4n) is 4.08. The van der Waals surface area contributed by atoms with Crippen LogP contribution in [0.2, 0.25) is 0 Å². The molecule has 3 heterocycles. The molecule has 1 N–H and O–H groups in total. The van der Waals surface area contributed by atoms with Crippen LogP contribution in [0, 0.1) is 0 Å². The van der Waals surface area contributed by atoms with Crippen molar-refractivity contribution in [3.05, 3.63) is 47.5 Å². The molecule has 4 rings (SSSR count). The van der Waals surface area contributed by atoms with Crippen molar-refractivity contribution >= 4 is 22.9 Å². The molecule has 0 unspecified atom stereocenters. The van der Waals surface area contributed by atoms with Crippen molar-refractivity contribution in [2.45, 2.75) is 58.3 Å². The summed E-state index contributed by atoms with van der Waals surface area (Å²) in [5, 5.41) is 2.94. The monoisotopic (exact) mass is 460 g/mol. The number of aromatic nitrogens is 4. The lowest BCUT2D eigenvalue weighted by atomic mass is 9.96. The Kier molecular flexibility index (Phi) is 5.79. The maximum Gasteiger partial charge on any atom is 0.416 e. The Labute approximate surface area is 190 Å². The highest BCUT2D eigenvalue weighted by Gasteiger charge is 2.33. The zero-order valence-corrected chi connectivity index (χ0v) is 19.1. The molecule has 1 aliphatic heterocycles. The number of imidazole rings is 1. The molecule has 1 fully saturated rings. The Morgan fingerprint density at radius 3 is 2.58 bits per heavy atom. The van der Waals surface area contributed by atoms with E-state index < -0.39 is 11.7 Å². The summed E-state index contributed by atoms with van der Waals surface area (Å²) in [6.45, 7) is 8.71. The lowest BCUT2D eigenvalue weighted by molar-refractivity contribution is -0.138. The minimum absolute atomic E-state index is 0.00588. The number of amides is 1. The van der Waals surface area contributed by atoms with Crippen LogP contribution in [-0.4, -0.2) is 44.6 Å². The normalized spacial score (nSPS) is 17.1. The van der Waals surface area contributed by atoms with Gasteiger partial charge in [-0.05, 0) is 18.1 Å². The Morgan fingerprint density at radius 2 is 1.91 bits per heavy atom. The third-order valence-corrected chi connectivity index (χ3v) is 5.67. The smallest absolute Gasteiger partial charge is 0.353 e. The third kappa shape index (κ3) is 4.79. The molecule has 7 nitrogen and oxygen atoms in total. The number of halogens is 3. The van der Waals surface area contributed by atoms with Gasteiger partial charge < -0.3 is 14.8 Å². The highest BCUT2D eigenvalue weighted by Crippen LogP contribution is 2.34. The fourth-order valence-corrected chi connectivity index (χ4v) is 4.08. The molecule has 0 aliphatic carbocycles. The van der Waals surface area contributed by atoms with E-state index in [1.54, 1.807) is 10.6 Å². The van der Waals surface area contributed by atoms with Crippen LogP contribution in [0.3, 0.4) is 0 Å². The van der Waals surface area contributed by atoms with Crippen LogP contribution < -0.4 is 10.2 Å². The Hall–Kier alpha value is -3.17. The fraction of sp³-hybridized carbons (Fsp3) is 0.478. The van der Waals surface area contributed by atoms with Crippen molar-refractivity contribution in [2.75, 3.05) is 18.0 Å².